The SMILES string of the molecule is CN1C(=O)CC(NC(=O)c2cc(I)ccc2Br)C1=O. The van der Waals surface area contributed by atoms with Gasteiger partial charge in [-0.1, -0.05) is 0 Å². The molecule has 1 saturated heterocycles. The maximum Gasteiger partial charge on any atom is 0.253 e. The molecule has 1 heterocycles. The fourth-order valence-corrected chi connectivity index (χ4v) is 2.69. The van der Waals surface area contributed by atoms with Crippen LogP contribution in [0.25, 0.3) is 0 Å². The van der Waals surface area contributed by atoms with Crippen molar-refractivity contribution >= 4 is 56.2 Å². The van der Waals surface area contributed by atoms with Crippen molar-refractivity contribution in [3.63, 3.8) is 0 Å². The van der Waals surface area contributed by atoms with E-state index >= 15 is 0 Å². The smallest absolute Gasteiger partial charge is 0.253 e. The molecule has 5 nitrogen and oxygen atoms in total. The predicted molar refractivity (Wildman–Crippen MR) is 80.5 cm³/mol. The van der Waals surface area contributed by atoms with Crippen LogP contribution in [-0.2, 0) is 9.59 Å². The van der Waals surface area contributed by atoms with Crippen LogP contribution in [0.5, 0.6) is 0 Å². The van der Waals surface area contributed by atoms with Crippen molar-refractivity contribution in [3.05, 3.63) is 31.8 Å². The van der Waals surface area contributed by atoms with Crippen LogP contribution in [0, 0.1) is 3.57 Å². The van der Waals surface area contributed by atoms with Crippen LogP contribution in [0.2, 0.25) is 0 Å². The van der Waals surface area contributed by atoms with Crippen LogP contribution in [0.15, 0.2) is 22.7 Å². The van der Waals surface area contributed by atoms with E-state index in [0.29, 0.717) is 10.0 Å². The van der Waals surface area contributed by atoms with E-state index in [9.17, 15) is 14.4 Å². The van der Waals surface area contributed by atoms with Gasteiger partial charge in [0.1, 0.15) is 6.04 Å². The van der Waals surface area contributed by atoms with Gasteiger partial charge in [0.2, 0.25) is 5.91 Å². The Morgan fingerprint density at radius 1 is 1.47 bits per heavy atom. The number of likely N-dealkylation sites (tertiary alicyclic amines) is 1. The Morgan fingerprint density at radius 3 is 2.74 bits per heavy atom. The van der Waals surface area contributed by atoms with E-state index in [1.807, 2.05) is 6.07 Å². The van der Waals surface area contributed by atoms with Crippen molar-refractivity contribution < 1.29 is 14.4 Å². The number of amides is 3. The molecule has 1 aliphatic rings. The number of hydrogen-bond donors (Lipinski definition) is 1. The first-order chi connectivity index (χ1) is 8.90. The van der Waals surface area contributed by atoms with Crippen molar-refractivity contribution in [1.82, 2.24) is 10.2 Å². The van der Waals surface area contributed by atoms with Gasteiger partial charge in [-0.15, -0.1) is 0 Å². The van der Waals surface area contributed by atoms with E-state index in [0.717, 1.165) is 8.47 Å². The molecule has 1 aromatic carbocycles. The fraction of sp³-hybridized carbons (Fsp3) is 0.250. The van der Waals surface area contributed by atoms with Gasteiger partial charge in [-0.25, -0.2) is 0 Å². The van der Waals surface area contributed by atoms with Gasteiger partial charge in [-0.2, -0.15) is 0 Å². The molecule has 100 valence electrons. The molecule has 1 N–H and O–H groups in total. The van der Waals surface area contributed by atoms with Crippen molar-refractivity contribution in [2.45, 2.75) is 12.5 Å². The highest BCUT2D eigenvalue weighted by molar-refractivity contribution is 14.1. The lowest BCUT2D eigenvalue weighted by molar-refractivity contribution is -0.137. The summed E-state index contributed by atoms with van der Waals surface area (Å²) < 4.78 is 1.56. The molecule has 0 aliphatic carbocycles. The Hall–Kier alpha value is -0.960. The maximum absolute atomic E-state index is 12.1. The van der Waals surface area contributed by atoms with Crippen LogP contribution in [-0.4, -0.2) is 35.7 Å². The summed E-state index contributed by atoms with van der Waals surface area (Å²) in [6, 6.07) is 4.57. The van der Waals surface area contributed by atoms with Gasteiger partial charge in [0.05, 0.1) is 12.0 Å². The quantitative estimate of drug-likeness (QED) is 0.565. The Kier molecular flexibility index (Phi) is 4.24. The van der Waals surface area contributed by atoms with Crippen molar-refractivity contribution in [3.8, 4) is 0 Å². The first-order valence-corrected chi connectivity index (χ1v) is 7.33. The van der Waals surface area contributed by atoms with Crippen LogP contribution in [0.4, 0.5) is 0 Å². The van der Waals surface area contributed by atoms with E-state index < -0.39 is 6.04 Å². The first-order valence-electron chi connectivity index (χ1n) is 5.46. The summed E-state index contributed by atoms with van der Waals surface area (Å²) in [6.45, 7) is 0. The lowest BCUT2D eigenvalue weighted by Gasteiger charge is -2.12. The first kappa shape index (κ1) is 14.4. The van der Waals surface area contributed by atoms with Crippen molar-refractivity contribution in [1.29, 1.82) is 0 Å². The second-order valence-electron chi connectivity index (χ2n) is 4.15. The average molecular weight is 437 g/mol. The molecule has 0 radical (unpaired) electrons. The molecule has 1 aromatic rings. The predicted octanol–water partition coefficient (Wildman–Crippen LogP) is 1.54. The molecule has 1 aliphatic heterocycles. The van der Waals surface area contributed by atoms with E-state index in [1.165, 1.54) is 7.05 Å². The largest absolute Gasteiger partial charge is 0.340 e. The summed E-state index contributed by atoms with van der Waals surface area (Å²) >= 11 is 5.39. The molecule has 1 fully saturated rings. The van der Waals surface area contributed by atoms with Gasteiger partial charge < -0.3 is 5.32 Å². The molecule has 7 heteroatoms. The van der Waals surface area contributed by atoms with E-state index in [-0.39, 0.29) is 24.1 Å². The monoisotopic (exact) mass is 436 g/mol. The molecular weight excluding hydrogens is 427 g/mol. The van der Waals surface area contributed by atoms with Crippen molar-refractivity contribution in [2.75, 3.05) is 7.05 Å². The topological polar surface area (TPSA) is 66.5 Å². The minimum absolute atomic E-state index is 0.0165. The second kappa shape index (κ2) is 5.58. The number of benzene rings is 1. The Balaban J connectivity index is 2.16. The second-order valence-corrected chi connectivity index (χ2v) is 6.25. The van der Waals surface area contributed by atoms with Gasteiger partial charge in [0, 0.05) is 15.1 Å². The van der Waals surface area contributed by atoms with Gasteiger partial charge in [-0.3, -0.25) is 19.3 Å². The lowest BCUT2D eigenvalue weighted by atomic mass is 10.2. The molecular formula is C12H10BrIN2O3. The summed E-state index contributed by atoms with van der Waals surface area (Å²) in [6.07, 6.45) is 0.0165. The molecule has 2 rings (SSSR count). The maximum atomic E-state index is 12.1. The number of imide groups is 1. The number of nitrogens with one attached hydrogen (secondary N) is 1. The highest BCUT2D eigenvalue weighted by Crippen LogP contribution is 2.20. The van der Waals surface area contributed by atoms with Crippen LogP contribution < -0.4 is 5.32 Å². The minimum Gasteiger partial charge on any atom is -0.340 e. The molecule has 0 spiro atoms. The molecule has 0 bridgehead atoms. The number of nitrogens with zero attached hydrogens (tertiary/aromatic N) is 1. The molecule has 0 saturated carbocycles. The Morgan fingerprint density at radius 2 is 2.16 bits per heavy atom. The summed E-state index contributed by atoms with van der Waals surface area (Å²) in [5.74, 6) is -1.02. The number of rotatable bonds is 2. The lowest BCUT2D eigenvalue weighted by Crippen LogP contribution is -2.40. The summed E-state index contributed by atoms with van der Waals surface area (Å²) in [5, 5.41) is 2.59. The Bertz CT molecular complexity index is 576. The summed E-state index contributed by atoms with van der Waals surface area (Å²) in [5.41, 5.74) is 0.446. The van der Waals surface area contributed by atoms with E-state index in [1.54, 1.807) is 12.1 Å². The zero-order chi connectivity index (χ0) is 14.2. The summed E-state index contributed by atoms with van der Waals surface area (Å²) in [4.78, 5) is 36.2. The molecule has 1 atom stereocenters. The summed E-state index contributed by atoms with van der Waals surface area (Å²) in [7, 11) is 1.41. The van der Waals surface area contributed by atoms with Crippen molar-refractivity contribution in [2.24, 2.45) is 0 Å². The third-order valence-electron chi connectivity index (χ3n) is 2.86. The molecule has 19 heavy (non-hydrogen) atoms. The van der Waals surface area contributed by atoms with E-state index in [4.69, 9.17) is 0 Å². The number of hydrogen-bond acceptors (Lipinski definition) is 3. The van der Waals surface area contributed by atoms with Gasteiger partial charge in [-0.05, 0) is 56.7 Å². The van der Waals surface area contributed by atoms with E-state index in [2.05, 4.69) is 43.8 Å². The average Bonchev–Trinajstić information content (AvgIpc) is 2.60. The van der Waals surface area contributed by atoms with Crippen LogP contribution in [0.3, 0.4) is 0 Å². The minimum atomic E-state index is -0.769. The van der Waals surface area contributed by atoms with Gasteiger partial charge in [0.25, 0.3) is 11.8 Å². The number of carbonyl (C=O) groups excluding carboxylic acids is 3. The van der Waals surface area contributed by atoms with Gasteiger partial charge in [0.15, 0.2) is 0 Å². The normalized spacial score (nSPS) is 18.9. The third kappa shape index (κ3) is 2.97. The number of carbonyl (C=O) groups is 3. The van der Waals surface area contributed by atoms with Crippen LogP contribution >= 0.6 is 38.5 Å². The molecule has 3 amide bonds. The standard InChI is InChI=1S/C12H10BrIN2O3/c1-16-10(17)5-9(12(16)19)15-11(18)7-4-6(14)2-3-8(7)13/h2-4,9H,5H2,1H3,(H,15,18). The highest BCUT2D eigenvalue weighted by Gasteiger charge is 2.37. The Labute approximate surface area is 132 Å². The zero-order valence-electron chi connectivity index (χ0n) is 9.94. The van der Waals surface area contributed by atoms with Gasteiger partial charge >= 0.3 is 0 Å². The zero-order valence-corrected chi connectivity index (χ0v) is 13.7. The highest BCUT2D eigenvalue weighted by atomic mass is 127. The number of halogens is 2. The number of likely N-dealkylation sites (N-methyl/N-ethyl adjacent to an activating group) is 1. The fourth-order valence-electron chi connectivity index (χ4n) is 1.78. The molecule has 1 unspecified atom stereocenters. The third-order valence-corrected chi connectivity index (χ3v) is 4.22. The van der Waals surface area contributed by atoms with Crippen LogP contribution in [0.1, 0.15) is 16.8 Å². The molecule has 0 aromatic heterocycles.